The number of aromatic amines is 1. The van der Waals surface area contributed by atoms with Crippen LogP contribution >= 0.6 is 11.6 Å². The minimum absolute atomic E-state index is 0.156. The van der Waals surface area contributed by atoms with Gasteiger partial charge >= 0.3 is 0 Å². The van der Waals surface area contributed by atoms with Crippen molar-refractivity contribution in [3.63, 3.8) is 0 Å². The molecule has 13 heavy (non-hydrogen) atoms. The van der Waals surface area contributed by atoms with Gasteiger partial charge in [-0.05, 0) is 17.7 Å². The van der Waals surface area contributed by atoms with Gasteiger partial charge < -0.3 is 4.98 Å². The molecule has 0 saturated heterocycles. The SMILES string of the molecule is O=C(Cl)c1c[nH]c(=O)c(C(F)F)c1. The number of nitrogens with one attached hydrogen (secondary N) is 1. The molecule has 1 N–H and O–H groups in total. The summed E-state index contributed by atoms with van der Waals surface area (Å²) < 4.78 is 24.2. The second kappa shape index (κ2) is 3.66. The number of rotatable bonds is 2. The van der Waals surface area contributed by atoms with Crippen LogP contribution < -0.4 is 5.56 Å². The summed E-state index contributed by atoms with van der Waals surface area (Å²) in [7, 11) is 0. The molecule has 70 valence electrons. The Bertz CT molecular complexity index is 388. The Labute approximate surface area is 76.3 Å². The van der Waals surface area contributed by atoms with Crippen molar-refractivity contribution in [1.29, 1.82) is 0 Å². The third kappa shape index (κ3) is 2.12. The van der Waals surface area contributed by atoms with Gasteiger partial charge in [-0.2, -0.15) is 0 Å². The van der Waals surface area contributed by atoms with Crippen LogP contribution in [0.1, 0.15) is 22.3 Å². The van der Waals surface area contributed by atoms with Crippen LogP contribution in [0, 0.1) is 0 Å². The highest BCUT2D eigenvalue weighted by Crippen LogP contribution is 2.15. The normalized spacial score (nSPS) is 10.5. The van der Waals surface area contributed by atoms with Gasteiger partial charge in [-0.1, -0.05) is 0 Å². The van der Waals surface area contributed by atoms with Gasteiger partial charge in [-0.3, -0.25) is 9.59 Å². The Morgan fingerprint density at radius 1 is 1.54 bits per heavy atom. The summed E-state index contributed by atoms with van der Waals surface area (Å²) in [5.41, 5.74) is -1.83. The zero-order valence-electron chi connectivity index (χ0n) is 6.18. The molecule has 0 aliphatic rings. The molecule has 0 fully saturated rings. The van der Waals surface area contributed by atoms with E-state index >= 15 is 0 Å². The monoisotopic (exact) mass is 207 g/mol. The summed E-state index contributed by atoms with van der Waals surface area (Å²) in [5.74, 6) is 0. The number of halogens is 3. The van der Waals surface area contributed by atoms with Gasteiger partial charge in [-0.15, -0.1) is 0 Å². The first-order chi connectivity index (χ1) is 6.02. The van der Waals surface area contributed by atoms with Crippen molar-refractivity contribution in [1.82, 2.24) is 4.98 Å². The number of carbonyl (C=O) groups excluding carboxylic acids is 1. The fourth-order valence-corrected chi connectivity index (χ4v) is 0.886. The van der Waals surface area contributed by atoms with Gasteiger partial charge in [0.25, 0.3) is 17.2 Å². The lowest BCUT2D eigenvalue weighted by molar-refractivity contribution is 0.108. The smallest absolute Gasteiger partial charge is 0.269 e. The summed E-state index contributed by atoms with van der Waals surface area (Å²) >= 11 is 5.03. The second-order valence-corrected chi connectivity index (χ2v) is 2.59. The highest BCUT2D eigenvalue weighted by molar-refractivity contribution is 6.67. The molecular weight excluding hydrogens is 204 g/mol. The van der Waals surface area contributed by atoms with E-state index in [2.05, 4.69) is 0 Å². The van der Waals surface area contributed by atoms with Gasteiger partial charge in [0.05, 0.1) is 11.1 Å². The minimum atomic E-state index is -2.92. The van der Waals surface area contributed by atoms with Gasteiger partial charge in [0.15, 0.2) is 0 Å². The molecule has 1 rings (SSSR count). The Kier molecular flexibility index (Phi) is 2.77. The summed E-state index contributed by atoms with van der Waals surface area (Å²) in [6.45, 7) is 0. The molecule has 0 amide bonds. The van der Waals surface area contributed by atoms with Crippen LogP contribution in [0.15, 0.2) is 17.1 Å². The predicted molar refractivity (Wildman–Crippen MR) is 42.2 cm³/mol. The Morgan fingerprint density at radius 3 is 2.62 bits per heavy atom. The number of carbonyl (C=O) groups is 1. The van der Waals surface area contributed by atoms with Crippen molar-refractivity contribution < 1.29 is 13.6 Å². The molecule has 0 atom stereocenters. The average molecular weight is 208 g/mol. The molecule has 0 radical (unpaired) electrons. The van der Waals surface area contributed by atoms with Crippen LogP contribution in [-0.4, -0.2) is 10.2 Å². The lowest BCUT2D eigenvalue weighted by atomic mass is 10.2. The van der Waals surface area contributed by atoms with Crippen LogP contribution in [0.5, 0.6) is 0 Å². The molecule has 0 saturated carbocycles. The van der Waals surface area contributed by atoms with Gasteiger partial charge in [0.1, 0.15) is 0 Å². The molecule has 1 aromatic heterocycles. The van der Waals surface area contributed by atoms with Crippen LogP contribution in [0.3, 0.4) is 0 Å². The van der Waals surface area contributed by atoms with Crippen LogP contribution in [0.4, 0.5) is 8.78 Å². The van der Waals surface area contributed by atoms with Crippen LogP contribution in [-0.2, 0) is 0 Å². The van der Waals surface area contributed by atoms with E-state index in [0.717, 1.165) is 12.3 Å². The lowest BCUT2D eigenvalue weighted by Gasteiger charge is -1.98. The number of hydrogen-bond acceptors (Lipinski definition) is 2. The second-order valence-electron chi connectivity index (χ2n) is 2.25. The molecule has 3 nitrogen and oxygen atoms in total. The molecule has 0 aliphatic carbocycles. The lowest BCUT2D eigenvalue weighted by Crippen LogP contribution is -2.13. The quantitative estimate of drug-likeness (QED) is 0.751. The molecular formula is C7H4ClF2NO2. The molecule has 0 spiro atoms. The first-order valence-electron chi connectivity index (χ1n) is 3.23. The fourth-order valence-electron chi connectivity index (χ4n) is 0.777. The topological polar surface area (TPSA) is 49.9 Å². The largest absolute Gasteiger partial charge is 0.328 e. The van der Waals surface area contributed by atoms with E-state index in [1.54, 1.807) is 0 Å². The van der Waals surface area contributed by atoms with Gasteiger partial charge in [0.2, 0.25) is 0 Å². The van der Waals surface area contributed by atoms with Crippen molar-refractivity contribution in [2.24, 2.45) is 0 Å². The molecule has 0 unspecified atom stereocenters. The van der Waals surface area contributed by atoms with Crippen LogP contribution in [0.25, 0.3) is 0 Å². The van der Waals surface area contributed by atoms with E-state index in [1.165, 1.54) is 0 Å². The van der Waals surface area contributed by atoms with Crippen molar-refractivity contribution in [3.05, 3.63) is 33.7 Å². The van der Waals surface area contributed by atoms with Gasteiger partial charge in [-0.25, -0.2) is 8.78 Å². The average Bonchev–Trinajstić information content (AvgIpc) is 2.04. The number of pyridine rings is 1. The van der Waals surface area contributed by atoms with E-state index in [-0.39, 0.29) is 5.56 Å². The summed E-state index contributed by atoms with van der Waals surface area (Å²) in [4.78, 5) is 23.3. The van der Waals surface area contributed by atoms with E-state index < -0.39 is 22.8 Å². The maximum Gasteiger partial charge on any atom is 0.269 e. The van der Waals surface area contributed by atoms with Gasteiger partial charge in [0, 0.05) is 6.20 Å². The zero-order valence-corrected chi connectivity index (χ0v) is 6.94. The Morgan fingerprint density at radius 2 is 2.15 bits per heavy atom. The first-order valence-corrected chi connectivity index (χ1v) is 3.61. The number of alkyl halides is 2. The molecule has 0 aliphatic heterocycles. The van der Waals surface area contributed by atoms with E-state index in [1.807, 2.05) is 4.98 Å². The maximum absolute atomic E-state index is 12.1. The van der Waals surface area contributed by atoms with Crippen molar-refractivity contribution in [3.8, 4) is 0 Å². The van der Waals surface area contributed by atoms with Crippen molar-refractivity contribution >= 4 is 16.8 Å². The number of H-pyrrole nitrogens is 1. The standard InChI is InChI=1S/C7H4ClF2NO2/c8-5(12)3-1-4(6(9)10)7(13)11-2-3/h1-2,6H,(H,11,13). The summed E-state index contributed by atoms with van der Waals surface area (Å²) in [6, 6.07) is 0.777. The fraction of sp³-hybridized carbons (Fsp3) is 0.143. The number of aromatic nitrogens is 1. The number of hydrogen-bond donors (Lipinski definition) is 1. The third-order valence-electron chi connectivity index (χ3n) is 1.39. The van der Waals surface area contributed by atoms with Crippen molar-refractivity contribution in [2.45, 2.75) is 6.43 Å². The Hall–Kier alpha value is -1.23. The van der Waals surface area contributed by atoms with Crippen molar-refractivity contribution in [2.75, 3.05) is 0 Å². The highest BCUT2D eigenvalue weighted by Gasteiger charge is 2.14. The molecule has 1 heterocycles. The highest BCUT2D eigenvalue weighted by atomic mass is 35.5. The zero-order chi connectivity index (χ0) is 10.0. The Balaban J connectivity index is 3.27. The first kappa shape index (κ1) is 9.85. The van der Waals surface area contributed by atoms with E-state index in [0.29, 0.717) is 0 Å². The summed E-state index contributed by atoms with van der Waals surface area (Å²) in [6.07, 6.45) is -1.93. The summed E-state index contributed by atoms with van der Waals surface area (Å²) in [5, 5.41) is -0.891. The maximum atomic E-state index is 12.1. The van der Waals surface area contributed by atoms with E-state index in [9.17, 15) is 18.4 Å². The minimum Gasteiger partial charge on any atom is -0.328 e. The third-order valence-corrected chi connectivity index (χ3v) is 1.61. The molecule has 0 bridgehead atoms. The molecule has 6 heteroatoms. The molecule has 1 aromatic rings. The molecule has 0 aromatic carbocycles. The van der Waals surface area contributed by atoms with Crippen LogP contribution in [0.2, 0.25) is 0 Å². The predicted octanol–water partition coefficient (Wildman–Crippen LogP) is 1.69. The van der Waals surface area contributed by atoms with E-state index in [4.69, 9.17) is 11.6 Å².